The van der Waals surface area contributed by atoms with Crippen molar-refractivity contribution in [2.24, 2.45) is 5.92 Å². The van der Waals surface area contributed by atoms with Gasteiger partial charge < -0.3 is 9.84 Å². The number of rotatable bonds is 6. The molecular weight excluding hydrogens is 348 g/mol. The van der Waals surface area contributed by atoms with Crippen molar-refractivity contribution in [2.45, 2.75) is 78.6 Å². The van der Waals surface area contributed by atoms with Gasteiger partial charge in [-0.25, -0.2) is 4.79 Å². The predicted molar refractivity (Wildman–Crippen MR) is 116 cm³/mol. The zero-order valence-electron chi connectivity index (χ0n) is 18.7. The van der Waals surface area contributed by atoms with Crippen LogP contribution in [0.2, 0.25) is 0 Å². The molecule has 0 radical (unpaired) electrons. The molecule has 0 bridgehead atoms. The van der Waals surface area contributed by atoms with Gasteiger partial charge in [-0.1, -0.05) is 65.8 Å². The van der Waals surface area contributed by atoms with E-state index in [2.05, 4.69) is 59.8 Å². The monoisotopic (exact) mass is 384 g/mol. The minimum Gasteiger partial charge on any atom is -0.493 e. The number of carboxylic acids is 1. The highest BCUT2D eigenvalue weighted by Gasteiger charge is 2.40. The van der Waals surface area contributed by atoms with E-state index in [9.17, 15) is 4.79 Å². The Hall–Kier alpha value is -2.03. The fourth-order valence-corrected chi connectivity index (χ4v) is 3.53. The molecule has 2 atom stereocenters. The summed E-state index contributed by atoms with van der Waals surface area (Å²) in [5, 5.41) is 8.88. The van der Waals surface area contributed by atoms with E-state index in [4.69, 9.17) is 9.84 Å². The van der Waals surface area contributed by atoms with Gasteiger partial charge in [-0.15, -0.1) is 0 Å². The van der Waals surface area contributed by atoms with E-state index >= 15 is 0 Å². The Morgan fingerprint density at radius 1 is 1.18 bits per heavy atom. The van der Waals surface area contributed by atoms with Crippen LogP contribution in [0.25, 0.3) is 0 Å². The first-order valence-electron chi connectivity index (χ1n) is 10.3. The van der Waals surface area contributed by atoms with Crippen molar-refractivity contribution in [1.29, 1.82) is 0 Å². The molecule has 28 heavy (non-hydrogen) atoms. The molecule has 2 unspecified atom stereocenters. The molecule has 1 aromatic rings. The second-order valence-electron chi connectivity index (χ2n) is 9.97. The third kappa shape index (κ3) is 5.50. The smallest absolute Gasteiger partial charge is 0.328 e. The summed E-state index contributed by atoms with van der Waals surface area (Å²) in [4.78, 5) is 10.8. The highest BCUT2D eigenvalue weighted by molar-refractivity contribution is 5.81. The zero-order chi connectivity index (χ0) is 21.3. The first-order chi connectivity index (χ1) is 12.8. The van der Waals surface area contributed by atoms with E-state index in [1.54, 1.807) is 0 Å². The molecule has 2 rings (SSSR count). The van der Waals surface area contributed by atoms with Gasteiger partial charge in [0.15, 0.2) is 0 Å². The first-order valence-corrected chi connectivity index (χ1v) is 10.3. The molecule has 0 heterocycles. The van der Waals surface area contributed by atoms with Crippen LogP contribution in [0, 0.1) is 5.92 Å². The molecule has 1 aliphatic carbocycles. The molecule has 0 amide bonds. The lowest BCUT2D eigenvalue weighted by molar-refractivity contribution is -0.131. The van der Waals surface area contributed by atoms with Gasteiger partial charge in [-0.2, -0.15) is 0 Å². The van der Waals surface area contributed by atoms with Gasteiger partial charge in [0.2, 0.25) is 0 Å². The maximum absolute atomic E-state index is 10.8. The van der Waals surface area contributed by atoms with Crippen LogP contribution in [0.5, 0.6) is 5.75 Å². The lowest BCUT2D eigenvalue weighted by Gasteiger charge is -2.29. The van der Waals surface area contributed by atoms with Crippen molar-refractivity contribution in [1.82, 2.24) is 0 Å². The van der Waals surface area contributed by atoms with Crippen LogP contribution >= 0.6 is 0 Å². The lowest BCUT2D eigenvalue weighted by Crippen LogP contribution is -2.19. The van der Waals surface area contributed by atoms with E-state index in [0.717, 1.165) is 17.7 Å². The highest BCUT2D eigenvalue weighted by atomic mass is 16.5. The van der Waals surface area contributed by atoms with Crippen molar-refractivity contribution >= 4 is 5.97 Å². The summed E-state index contributed by atoms with van der Waals surface area (Å²) in [7, 11) is 0. The molecular formula is C25H36O3. The minimum atomic E-state index is -0.902. The summed E-state index contributed by atoms with van der Waals surface area (Å²) in [6, 6.07) is 4.65. The number of ether oxygens (including phenoxy) is 1. The van der Waals surface area contributed by atoms with Crippen molar-refractivity contribution in [2.75, 3.05) is 6.61 Å². The summed E-state index contributed by atoms with van der Waals surface area (Å²) >= 11 is 0. The van der Waals surface area contributed by atoms with Gasteiger partial charge in [0, 0.05) is 11.6 Å². The van der Waals surface area contributed by atoms with Crippen molar-refractivity contribution < 1.29 is 14.6 Å². The van der Waals surface area contributed by atoms with E-state index < -0.39 is 5.97 Å². The second-order valence-corrected chi connectivity index (χ2v) is 9.97. The van der Waals surface area contributed by atoms with Crippen molar-refractivity contribution in [3.8, 4) is 5.75 Å². The molecule has 0 saturated heterocycles. The van der Waals surface area contributed by atoms with E-state index in [1.807, 2.05) is 19.9 Å². The van der Waals surface area contributed by atoms with Crippen molar-refractivity contribution in [3.63, 3.8) is 0 Å². The Bertz CT molecular complexity index is 785. The maximum atomic E-state index is 10.8. The average molecular weight is 385 g/mol. The normalized spacial score (nSPS) is 20.5. The molecule has 1 saturated carbocycles. The standard InChI is InChI=1S/C25H36O3/c1-9-28-23-20(19-13-17(19)11-10-16(2)12-22(26)27)14-18(24(3,4)5)15-21(23)25(6,7)8/h10-12,14-15,17,19H,9,13H2,1-8H3,(H,26,27)/b11-10+,16-12+. The number of carboxylic acid groups (broad SMARTS) is 1. The zero-order valence-corrected chi connectivity index (χ0v) is 18.7. The lowest BCUT2D eigenvalue weighted by atomic mass is 9.78. The van der Waals surface area contributed by atoms with E-state index in [1.165, 1.54) is 22.8 Å². The Morgan fingerprint density at radius 2 is 1.82 bits per heavy atom. The Morgan fingerprint density at radius 3 is 2.32 bits per heavy atom. The van der Waals surface area contributed by atoms with Crippen LogP contribution in [-0.2, 0) is 15.6 Å². The van der Waals surface area contributed by atoms with Crippen LogP contribution in [-0.4, -0.2) is 17.7 Å². The van der Waals surface area contributed by atoms with Gasteiger partial charge in [-0.05, 0) is 59.6 Å². The topological polar surface area (TPSA) is 46.5 Å². The average Bonchev–Trinajstić information content (AvgIpc) is 3.30. The molecule has 0 spiro atoms. The van der Waals surface area contributed by atoms with Gasteiger partial charge >= 0.3 is 5.97 Å². The van der Waals surface area contributed by atoms with Crippen LogP contribution in [0.4, 0.5) is 0 Å². The summed E-state index contributed by atoms with van der Waals surface area (Å²) in [5.41, 5.74) is 4.75. The van der Waals surface area contributed by atoms with Gasteiger partial charge in [0.05, 0.1) is 6.61 Å². The number of allylic oxidation sites excluding steroid dienone is 3. The van der Waals surface area contributed by atoms with E-state index in [-0.39, 0.29) is 10.8 Å². The molecule has 1 fully saturated rings. The molecule has 0 aromatic heterocycles. The number of aliphatic carboxylic acids is 1. The summed E-state index contributed by atoms with van der Waals surface area (Å²) < 4.78 is 6.18. The third-order valence-electron chi connectivity index (χ3n) is 5.28. The number of benzene rings is 1. The Labute approximate surface area is 170 Å². The van der Waals surface area contributed by atoms with E-state index in [0.29, 0.717) is 18.4 Å². The SMILES string of the molecule is CCOc1c(C2CC2/C=C/C(C)=C/C(=O)O)cc(C(C)(C)C)cc1C(C)(C)C. The first kappa shape index (κ1) is 22.3. The highest BCUT2D eigenvalue weighted by Crippen LogP contribution is 2.54. The van der Waals surface area contributed by atoms with Crippen LogP contribution in [0.1, 0.15) is 84.4 Å². The largest absolute Gasteiger partial charge is 0.493 e. The van der Waals surface area contributed by atoms with Gasteiger partial charge in [0.25, 0.3) is 0 Å². The fraction of sp³-hybridized carbons (Fsp3) is 0.560. The molecule has 1 aromatic carbocycles. The molecule has 1 N–H and O–H groups in total. The molecule has 3 heteroatoms. The molecule has 154 valence electrons. The minimum absolute atomic E-state index is 0.00154. The summed E-state index contributed by atoms with van der Waals surface area (Å²) in [6.45, 7) is 18.0. The molecule has 3 nitrogen and oxygen atoms in total. The van der Waals surface area contributed by atoms with Gasteiger partial charge in [0.1, 0.15) is 5.75 Å². The third-order valence-corrected chi connectivity index (χ3v) is 5.28. The Balaban J connectivity index is 2.46. The molecule has 0 aliphatic heterocycles. The quantitative estimate of drug-likeness (QED) is 0.458. The fourth-order valence-electron chi connectivity index (χ4n) is 3.53. The van der Waals surface area contributed by atoms with Crippen LogP contribution in [0.3, 0.4) is 0 Å². The van der Waals surface area contributed by atoms with Crippen LogP contribution in [0.15, 0.2) is 35.9 Å². The predicted octanol–water partition coefficient (Wildman–Crippen LogP) is 6.37. The molecule has 1 aliphatic rings. The van der Waals surface area contributed by atoms with Crippen LogP contribution < -0.4 is 4.74 Å². The summed E-state index contributed by atoms with van der Waals surface area (Å²) in [6.07, 6.45) is 6.40. The van der Waals surface area contributed by atoms with Crippen molar-refractivity contribution in [3.05, 3.63) is 52.6 Å². The second kappa shape index (κ2) is 8.14. The summed E-state index contributed by atoms with van der Waals surface area (Å²) in [5.74, 6) is 1.00. The number of hydrogen-bond donors (Lipinski definition) is 1. The van der Waals surface area contributed by atoms with Gasteiger partial charge in [-0.3, -0.25) is 0 Å². The Kier molecular flexibility index (Phi) is 6.48. The maximum Gasteiger partial charge on any atom is 0.328 e. The number of carbonyl (C=O) groups is 1. The number of hydrogen-bond acceptors (Lipinski definition) is 2.